The summed E-state index contributed by atoms with van der Waals surface area (Å²) in [6, 6.07) is 16.6. The number of carbonyl (C=O) groups is 1. The van der Waals surface area contributed by atoms with Crippen LogP contribution >= 0.6 is 11.8 Å². The number of amides is 1. The van der Waals surface area contributed by atoms with Crippen molar-refractivity contribution in [1.29, 1.82) is 0 Å². The molecule has 0 atom stereocenters. The molecule has 0 saturated carbocycles. The van der Waals surface area contributed by atoms with Crippen LogP contribution in [0.4, 0.5) is 15.9 Å². The molecule has 4 rings (SSSR count). The SMILES string of the molecule is Cc1ccc(C)c(N2CCN(c3ccc(SCC(=O)NCc4ccc(F)cc4)nn3)CC2)c1. The highest BCUT2D eigenvalue weighted by Gasteiger charge is 2.20. The fraction of sp³-hybridized carbons (Fsp3) is 0.320. The van der Waals surface area contributed by atoms with Gasteiger partial charge in [-0.1, -0.05) is 36.0 Å². The van der Waals surface area contributed by atoms with Gasteiger partial charge in [0.25, 0.3) is 0 Å². The highest BCUT2D eigenvalue weighted by Crippen LogP contribution is 2.24. The maximum Gasteiger partial charge on any atom is 0.230 e. The molecule has 1 aliphatic rings. The molecule has 0 radical (unpaired) electrons. The molecule has 1 aromatic heterocycles. The fourth-order valence-electron chi connectivity index (χ4n) is 3.79. The maximum atomic E-state index is 12.9. The average Bonchev–Trinajstić information content (AvgIpc) is 2.84. The van der Waals surface area contributed by atoms with E-state index in [1.54, 1.807) is 12.1 Å². The van der Waals surface area contributed by atoms with E-state index >= 15 is 0 Å². The summed E-state index contributed by atoms with van der Waals surface area (Å²) in [5, 5.41) is 12.2. The molecule has 1 saturated heterocycles. The lowest BCUT2D eigenvalue weighted by molar-refractivity contribution is -0.118. The number of anilines is 2. The molecule has 6 nitrogen and oxygen atoms in total. The molecule has 1 aliphatic heterocycles. The van der Waals surface area contributed by atoms with E-state index in [2.05, 4.69) is 57.4 Å². The lowest BCUT2D eigenvalue weighted by Gasteiger charge is -2.37. The Labute approximate surface area is 198 Å². The van der Waals surface area contributed by atoms with Gasteiger partial charge >= 0.3 is 0 Å². The van der Waals surface area contributed by atoms with Crippen LogP contribution in [-0.2, 0) is 11.3 Å². The van der Waals surface area contributed by atoms with E-state index in [1.165, 1.54) is 40.7 Å². The first-order valence-corrected chi connectivity index (χ1v) is 12.0. The van der Waals surface area contributed by atoms with Crippen molar-refractivity contribution in [1.82, 2.24) is 15.5 Å². The number of thioether (sulfide) groups is 1. The van der Waals surface area contributed by atoms with Gasteiger partial charge in [-0.2, -0.15) is 0 Å². The van der Waals surface area contributed by atoms with Crippen molar-refractivity contribution < 1.29 is 9.18 Å². The lowest BCUT2D eigenvalue weighted by Crippen LogP contribution is -2.47. The third-order valence-corrected chi connectivity index (χ3v) is 6.61. The van der Waals surface area contributed by atoms with Crippen LogP contribution in [0, 0.1) is 19.7 Å². The molecule has 172 valence electrons. The van der Waals surface area contributed by atoms with Crippen molar-refractivity contribution in [3.8, 4) is 0 Å². The summed E-state index contributed by atoms with van der Waals surface area (Å²) in [7, 11) is 0. The summed E-state index contributed by atoms with van der Waals surface area (Å²) in [5.74, 6) is 0.730. The van der Waals surface area contributed by atoms with Crippen molar-refractivity contribution in [2.45, 2.75) is 25.4 Å². The fourth-order valence-corrected chi connectivity index (χ4v) is 4.43. The number of piperazine rings is 1. The number of aromatic nitrogens is 2. The Hall–Kier alpha value is -3.13. The Balaban J connectivity index is 1.23. The number of carbonyl (C=O) groups excluding carboxylic acids is 1. The zero-order chi connectivity index (χ0) is 23.2. The molecular weight excluding hydrogens is 437 g/mol. The average molecular weight is 466 g/mol. The third kappa shape index (κ3) is 6.22. The summed E-state index contributed by atoms with van der Waals surface area (Å²) < 4.78 is 12.9. The third-order valence-electron chi connectivity index (χ3n) is 5.69. The van der Waals surface area contributed by atoms with Gasteiger partial charge in [0.05, 0.1) is 5.75 Å². The Morgan fingerprint density at radius 1 is 0.970 bits per heavy atom. The van der Waals surface area contributed by atoms with E-state index in [-0.39, 0.29) is 17.5 Å². The molecule has 0 aliphatic carbocycles. The molecule has 1 amide bonds. The first-order chi connectivity index (χ1) is 16.0. The molecule has 3 aromatic rings. The quantitative estimate of drug-likeness (QED) is 0.533. The molecule has 0 unspecified atom stereocenters. The molecular formula is C25H28FN5OS. The molecule has 0 bridgehead atoms. The highest BCUT2D eigenvalue weighted by atomic mass is 32.2. The summed E-state index contributed by atoms with van der Waals surface area (Å²) in [6.07, 6.45) is 0. The highest BCUT2D eigenvalue weighted by molar-refractivity contribution is 7.99. The second-order valence-electron chi connectivity index (χ2n) is 8.19. The van der Waals surface area contributed by atoms with Crippen LogP contribution < -0.4 is 15.1 Å². The van der Waals surface area contributed by atoms with Gasteiger partial charge in [0, 0.05) is 38.4 Å². The van der Waals surface area contributed by atoms with Gasteiger partial charge in [0.15, 0.2) is 5.82 Å². The van der Waals surface area contributed by atoms with Gasteiger partial charge in [-0.25, -0.2) is 4.39 Å². The topological polar surface area (TPSA) is 61.4 Å². The van der Waals surface area contributed by atoms with Crippen molar-refractivity contribution in [2.75, 3.05) is 41.7 Å². The smallest absolute Gasteiger partial charge is 0.230 e. The van der Waals surface area contributed by atoms with Crippen LogP contribution in [-0.4, -0.2) is 48.0 Å². The zero-order valence-electron chi connectivity index (χ0n) is 18.9. The lowest BCUT2D eigenvalue weighted by atomic mass is 10.1. The Morgan fingerprint density at radius 2 is 1.70 bits per heavy atom. The number of halogens is 1. The normalized spacial score (nSPS) is 13.8. The van der Waals surface area contributed by atoms with Crippen LogP contribution in [0.25, 0.3) is 0 Å². The number of benzene rings is 2. The first-order valence-electron chi connectivity index (χ1n) is 11.0. The van der Waals surface area contributed by atoms with Crippen LogP contribution in [0.1, 0.15) is 16.7 Å². The number of hydrogen-bond acceptors (Lipinski definition) is 6. The Kier molecular flexibility index (Phi) is 7.44. The minimum Gasteiger partial charge on any atom is -0.368 e. The minimum atomic E-state index is -0.286. The molecule has 2 heterocycles. The van der Waals surface area contributed by atoms with Crippen LogP contribution in [0.3, 0.4) is 0 Å². The summed E-state index contributed by atoms with van der Waals surface area (Å²) in [4.78, 5) is 16.8. The Morgan fingerprint density at radius 3 is 2.39 bits per heavy atom. The van der Waals surface area contributed by atoms with Crippen molar-refractivity contribution in [2.24, 2.45) is 0 Å². The second kappa shape index (κ2) is 10.7. The summed E-state index contributed by atoms with van der Waals surface area (Å²) in [5.41, 5.74) is 4.75. The van der Waals surface area contributed by atoms with Gasteiger partial charge in [0.2, 0.25) is 5.91 Å². The monoisotopic (exact) mass is 465 g/mol. The molecule has 8 heteroatoms. The van der Waals surface area contributed by atoms with Gasteiger partial charge < -0.3 is 15.1 Å². The van der Waals surface area contributed by atoms with E-state index in [4.69, 9.17) is 0 Å². The first kappa shape index (κ1) is 23.0. The number of nitrogens with one attached hydrogen (secondary N) is 1. The van der Waals surface area contributed by atoms with E-state index in [1.807, 2.05) is 12.1 Å². The van der Waals surface area contributed by atoms with Gasteiger partial charge in [-0.15, -0.1) is 10.2 Å². The van der Waals surface area contributed by atoms with Crippen LogP contribution in [0.2, 0.25) is 0 Å². The summed E-state index contributed by atoms with van der Waals surface area (Å²) in [6.45, 7) is 8.32. The van der Waals surface area contributed by atoms with Crippen molar-refractivity contribution in [3.05, 3.63) is 77.1 Å². The van der Waals surface area contributed by atoms with Gasteiger partial charge in [-0.05, 0) is 60.9 Å². The predicted molar refractivity (Wildman–Crippen MR) is 131 cm³/mol. The van der Waals surface area contributed by atoms with Crippen molar-refractivity contribution >= 4 is 29.2 Å². The van der Waals surface area contributed by atoms with E-state index in [9.17, 15) is 9.18 Å². The number of nitrogens with zero attached hydrogens (tertiary/aromatic N) is 4. The number of aryl methyl sites for hydroxylation is 2. The molecule has 2 aromatic carbocycles. The number of rotatable bonds is 7. The zero-order valence-corrected chi connectivity index (χ0v) is 19.7. The number of hydrogen-bond donors (Lipinski definition) is 1. The van der Waals surface area contributed by atoms with Crippen LogP contribution in [0.5, 0.6) is 0 Å². The van der Waals surface area contributed by atoms with Gasteiger partial charge in [-0.3, -0.25) is 4.79 Å². The second-order valence-corrected chi connectivity index (χ2v) is 9.18. The molecule has 1 fully saturated rings. The predicted octanol–water partition coefficient (Wildman–Crippen LogP) is 3.97. The van der Waals surface area contributed by atoms with Crippen molar-refractivity contribution in [3.63, 3.8) is 0 Å². The summed E-state index contributed by atoms with van der Waals surface area (Å²) >= 11 is 1.35. The minimum absolute atomic E-state index is 0.0993. The maximum absolute atomic E-state index is 12.9. The largest absolute Gasteiger partial charge is 0.368 e. The van der Waals surface area contributed by atoms with E-state index in [0.29, 0.717) is 11.6 Å². The molecule has 1 N–H and O–H groups in total. The Bertz CT molecular complexity index is 1080. The van der Waals surface area contributed by atoms with Crippen LogP contribution in [0.15, 0.2) is 59.6 Å². The van der Waals surface area contributed by atoms with Gasteiger partial charge in [0.1, 0.15) is 10.8 Å². The molecule has 33 heavy (non-hydrogen) atoms. The standard InChI is InChI=1S/C25H28FN5OS/c1-18-3-4-19(2)22(15-18)30-11-13-31(14-12-30)23-9-10-25(29-28-23)33-17-24(32)27-16-20-5-7-21(26)8-6-20/h3-10,15H,11-14,16-17H2,1-2H3,(H,27,32). The molecule has 0 spiro atoms. The van der Waals surface area contributed by atoms with E-state index in [0.717, 1.165) is 37.6 Å². The van der Waals surface area contributed by atoms with E-state index < -0.39 is 0 Å².